The Labute approximate surface area is 171 Å². The van der Waals surface area contributed by atoms with Gasteiger partial charge in [-0.05, 0) is 18.1 Å². The molecule has 1 aliphatic rings. The monoisotopic (exact) mass is 406 g/mol. The van der Waals surface area contributed by atoms with Crippen LogP contribution in [0.15, 0.2) is 91.0 Å². The van der Waals surface area contributed by atoms with Crippen LogP contribution in [0.1, 0.15) is 40.2 Å². The number of carbonyl (C=O) groups is 1. The third-order valence-electron chi connectivity index (χ3n) is 5.21. The average molecular weight is 406 g/mol. The highest BCUT2D eigenvalue weighted by Gasteiger charge is 2.61. The summed E-state index contributed by atoms with van der Waals surface area (Å²) in [6.45, 7) is 2.03. The molecule has 29 heavy (non-hydrogen) atoms. The van der Waals surface area contributed by atoms with Crippen LogP contribution in [-0.4, -0.2) is 12.4 Å². The van der Waals surface area contributed by atoms with Gasteiger partial charge in [-0.25, -0.2) is 9.05 Å². The first-order valence-electron chi connectivity index (χ1n) is 9.76. The van der Waals surface area contributed by atoms with Gasteiger partial charge in [0.05, 0.1) is 6.61 Å². The molecule has 0 aliphatic carbocycles. The highest BCUT2D eigenvalue weighted by molar-refractivity contribution is 7.60. The minimum atomic E-state index is -3.57. The van der Waals surface area contributed by atoms with Crippen LogP contribution in [0.25, 0.3) is 0 Å². The van der Waals surface area contributed by atoms with Gasteiger partial charge in [0.1, 0.15) is 12.0 Å². The normalized spacial score (nSPS) is 26.3. The van der Waals surface area contributed by atoms with Gasteiger partial charge >= 0.3 is 0 Å². The van der Waals surface area contributed by atoms with E-state index < -0.39 is 25.6 Å². The molecule has 3 aromatic carbocycles. The lowest BCUT2D eigenvalue weighted by atomic mass is 9.83. The van der Waals surface area contributed by atoms with Crippen molar-refractivity contribution in [2.45, 2.75) is 18.7 Å². The van der Waals surface area contributed by atoms with Gasteiger partial charge in [-0.2, -0.15) is 0 Å². The van der Waals surface area contributed by atoms with Gasteiger partial charge in [0, 0.05) is 5.56 Å². The van der Waals surface area contributed by atoms with E-state index in [9.17, 15) is 9.69 Å². The molecule has 4 rings (SSSR count). The Kier molecular flexibility index (Phi) is 5.89. The Balaban J connectivity index is 1.86. The predicted molar refractivity (Wildman–Crippen MR) is 112 cm³/mol. The van der Waals surface area contributed by atoms with E-state index >= 15 is 0 Å². The van der Waals surface area contributed by atoms with E-state index in [-0.39, 0.29) is 12.4 Å². The molecule has 1 fully saturated rings. The van der Waals surface area contributed by atoms with Crippen molar-refractivity contribution in [3.63, 3.8) is 0 Å². The van der Waals surface area contributed by atoms with Crippen molar-refractivity contribution in [2.24, 2.45) is 5.92 Å². The van der Waals surface area contributed by atoms with Gasteiger partial charge in [-0.1, -0.05) is 91.0 Å². The average Bonchev–Trinajstić information content (AvgIpc) is 3.08. The highest BCUT2D eigenvalue weighted by atomic mass is 31.2. The molecule has 1 heterocycles. The summed E-state index contributed by atoms with van der Waals surface area (Å²) in [5, 5.41) is 0. The van der Waals surface area contributed by atoms with Crippen molar-refractivity contribution in [3.8, 4) is 0 Å². The van der Waals surface area contributed by atoms with E-state index in [0.717, 1.165) is 11.1 Å². The Morgan fingerprint density at radius 2 is 1.41 bits per heavy atom. The number of rotatable bonds is 6. The fraction of sp³-hybridized carbons (Fsp3) is 0.208. The first-order chi connectivity index (χ1) is 14.1. The van der Waals surface area contributed by atoms with Crippen LogP contribution in [0, 0.1) is 5.92 Å². The summed E-state index contributed by atoms with van der Waals surface area (Å²) >= 11 is 0. The molecule has 0 spiro atoms. The maximum absolute atomic E-state index is 13.9. The molecule has 0 bridgehead atoms. The number of hydrogen-bond acceptors (Lipinski definition) is 4. The zero-order valence-corrected chi connectivity index (χ0v) is 17.1. The smallest absolute Gasteiger partial charge is 0.246 e. The van der Waals surface area contributed by atoms with Crippen molar-refractivity contribution in [2.75, 3.05) is 6.61 Å². The van der Waals surface area contributed by atoms with E-state index in [1.54, 1.807) is 19.1 Å². The maximum atomic E-state index is 13.9. The third kappa shape index (κ3) is 3.90. The molecule has 4 unspecified atom stereocenters. The summed E-state index contributed by atoms with van der Waals surface area (Å²) in [4.78, 5) is 27.5. The van der Waals surface area contributed by atoms with Crippen molar-refractivity contribution < 1.29 is 18.7 Å². The highest BCUT2D eigenvalue weighted by Crippen LogP contribution is 2.76. The van der Waals surface area contributed by atoms with Crippen LogP contribution in [0.2, 0.25) is 0 Å². The second-order valence-electron chi connectivity index (χ2n) is 7.01. The quantitative estimate of drug-likeness (QED) is 0.419. The molecule has 0 amide bonds. The number of carbonyl (C=O) groups excluding carboxylic acids is 1. The molecule has 0 radical (unpaired) electrons. The Bertz CT molecular complexity index is 948. The van der Waals surface area contributed by atoms with E-state index in [0.29, 0.717) is 5.56 Å². The number of hydrogen-bond donors (Lipinski definition) is 0. The third-order valence-corrected chi connectivity index (χ3v) is 7.65. The molecule has 4 atom stereocenters. The van der Waals surface area contributed by atoms with Crippen molar-refractivity contribution in [3.05, 3.63) is 108 Å². The largest absolute Gasteiger partial charge is 0.631 e. The van der Waals surface area contributed by atoms with Crippen molar-refractivity contribution >= 4 is 13.7 Å². The number of Topliss-reactive ketones (excluding diaryl/α,β-unsaturated/α-hetero) is 1. The van der Waals surface area contributed by atoms with Crippen molar-refractivity contribution in [1.82, 2.24) is 0 Å². The Morgan fingerprint density at radius 1 is 0.897 bits per heavy atom. The molecule has 1 saturated heterocycles. The molecule has 0 N–H and O–H groups in total. The minimum Gasteiger partial charge on any atom is -0.631 e. The summed E-state index contributed by atoms with van der Waals surface area (Å²) < 4.78 is 11.8. The molecule has 0 aromatic heterocycles. The Hall–Kier alpha value is -2.36. The molecule has 5 heteroatoms. The van der Waals surface area contributed by atoms with Crippen LogP contribution in [0.3, 0.4) is 0 Å². The lowest BCUT2D eigenvalue weighted by Crippen LogP contribution is -2.26. The van der Waals surface area contributed by atoms with Gasteiger partial charge in [0.25, 0.3) is 0 Å². The van der Waals surface area contributed by atoms with Crippen molar-refractivity contribution in [1.29, 1.82) is 0 Å². The first kappa shape index (κ1) is 19.9. The van der Waals surface area contributed by atoms with Crippen LogP contribution in [-0.2, 0) is 9.05 Å². The Morgan fingerprint density at radius 3 is 1.97 bits per heavy atom. The van der Waals surface area contributed by atoms with Gasteiger partial charge in [0.2, 0.25) is 7.94 Å². The topological polar surface area (TPSA) is 58.6 Å². The summed E-state index contributed by atoms with van der Waals surface area (Å²) in [5.41, 5.74) is 1.52. The zero-order valence-electron chi connectivity index (χ0n) is 16.2. The second-order valence-corrected chi connectivity index (χ2v) is 9.11. The molecule has 3 aromatic rings. The lowest BCUT2D eigenvalue weighted by Gasteiger charge is -2.29. The summed E-state index contributed by atoms with van der Waals surface area (Å²) in [6.07, 6.45) is -0.647. The van der Waals surface area contributed by atoms with Gasteiger partial charge in [-0.15, -0.1) is 0 Å². The van der Waals surface area contributed by atoms with E-state index in [4.69, 9.17) is 9.05 Å². The first-order valence-corrected chi connectivity index (χ1v) is 11.4. The molecule has 0 saturated carbocycles. The minimum absolute atomic E-state index is 0.0919. The van der Waals surface area contributed by atoms with Gasteiger partial charge < -0.3 is 4.89 Å². The van der Waals surface area contributed by atoms with E-state index in [2.05, 4.69) is 0 Å². The molecular weight excluding hydrogens is 383 g/mol. The van der Waals surface area contributed by atoms with Gasteiger partial charge in [-0.3, -0.25) is 4.79 Å². The predicted octanol–water partition coefficient (Wildman–Crippen LogP) is 5.16. The summed E-state index contributed by atoms with van der Waals surface area (Å²) in [6, 6.07) is 28.0. The molecule has 148 valence electrons. The molecule has 1 aliphatic heterocycles. The van der Waals surface area contributed by atoms with Crippen LogP contribution < -0.4 is 4.89 Å². The van der Waals surface area contributed by atoms with E-state index in [1.807, 2.05) is 78.9 Å². The fourth-order valence-corrected chi connectivity index (χ4v) is 6.47. The molecular formula is C24H23O4P. The molecule has 4 nitrogen and oxygen atoms in total. The van der Waals surface area contributed by atoms with E-state index in [1.165, 1.54) is 0 Å². The lowest BCUT2D eigenvalue weighted by molar-refractivity contribution is -0.219. The summed E-state index contributed by atoms with van der Waals surface area (Å²) in [5.74, 6) is -0.745. The van der Waals surface area contributed by atoms with Crippen LogP contribution in [0.5, 0.6) is 0 Å². The summed E-state index contributed by atoms with van der Waals surface area (Å²) in [7, 11) is -3.57. The zero-order chi connectivity index (χ0) is 20.3. The number of ketones is 1. The second kappa shape index (κ2) is 8.56. The van der Waals surface area contributed by atoms with Crippen LogP contribution in [0.4, 0.5) is 0 Å². The fourth-order valence-electron chi connectivity index (χ4n) is 3.97. The number of benzene rings is 3. The SMILES string of the molecule is CCO[P+]1([O-])OC(c2ccccc2)C(C(=O)c2ccccc2)C1c1ccccc1. The van der Waals surface area contributed by atoms with Gasteiger partial charge in [0.15, 0.2) is 11.4 Å². The standard InChI is InChI=1S/C24H23O4P/c1-2-27-29(26)24(20-16-10-5-11-17-20)21(22(25)18-12-6-3-7-13-18)23(28-29)19-14-8-4-9-15-19/h3-17,21,23-24H,2H2,1H3. The maximum Gasteiger partial charge on any atom is 0.246 e. The van der Waals surface area contributed by atoms with Crippen LogP contribution >= 0.6 is 7.94 Å².